The van der Waals surface area contributed by atoms with E-state index in [0.717, 1.165) is 0 Å². The Balaban J connectivity index is 5.92. The standard InChI is InChI=1S/C6HClF12/c7-6(18,19)5(16,17)4(14,15)3(12,13)2(10,11)1(8)9/h1H. The van der Waals surface area contributed by atoms with Crippen molar-refractivity contribution in [1.29, 1.82) is 0 Å². The molecule has 13 heteroatoms. The van der Waals surface area contributed by atoms with Crippen molar-refractivity contribution in [3.05, 3.63) is 0 Å². The average Bonchev–Trinajstić information content (AvgIpc) is 2.14. The van der Waals surface area contributed by atoms with Gasteiger partial charge in [0, 0.05) is 0 Å². The van der Waals surface area contributed by atoms with Gasteiger partial charge in [-0.15, -0.1) is 0 Å². The highest BCUT2D eigenvalue weighted by Gasteiger charge is 2.87. The highest BCUT2D eigenvalue weighted by Crippen LogP contribution is 2.58. The van der Waals surface area contributed by atoms with Crippen LogP contribution in [0.5, 0.6) is 0 Å². The lowest BCUT2D eigenvalue weighted by Crippen LogP contribution is -2.67. The lowest BCUT2D eigenvalue weighted by atomic mass is 9.99. The van der Waals surface area contributed by atoms with Gasteiger partial charge in [0.1, 0.15) is 0 Å². The fourth-order valence-corrected chi connectivity index (χ4v) is 0.840. The highest BCUT2D eigenvalue weighted by molar-refractivity contribution is 6.22. The van der Waals surface area contributed by atoms with Gasteiger partial charge in [0.25, 0.3) is 0 Å². The largest absolute Gasteiger partial charge is 0.393 e. The zero-order chi connectivity index (χ0) is 16.1. The first kappa shape index (κ1) is 18.4. The van der Waals surface area contributed by atoms with Crippen LogP contribution in [0.1, 0.15) is 0 Å². The van der Waals surface area contributed by atoms with E-state index in [1.54, 1.807) is 0 Å². The first-order chi connectivity index (χ1) is 7.94. The first-order valence-corrected chi connectivity index (χ1v) is 4.18. The van der Waals surface area contributed by atoms with E-state index in [1.165, 1.54) is 0 Å². The average molecular weight is 337 g/mol. The third-order valence-corrected chi connectivity index (χ3v) is 2.07. The van der Waals surface area contributed by atoms with Crippen LogP contribution < -0.4 is 0 Å². The monoisotopic (exact) mass is 336 g/mol. The molecule has 0 aliphatic rings. The SMILES string of the molecule is FC(F)C(F)(F)C(F)(F)C(F)(F)C(F)(F)C(F)(F)Cl. The van der Waals surface area contributed by atoms with Gasteiger partial charge in [0.2, 0.25) is 0 Å². The molecule has 0 aliphatic carbocycles. The van der Waals surface area contributed by atoms with Crippen LogP contribution in [0.25, 0.3) is 0 Å². The van der Waals surface area contributed by atoms with Crippen LogP contribution in [0.2, 0.25) is 0 Å². The molecule has 0 atom stereocenters. The van der Waals surface area contributed by atoms with Crippen molar-refractivity contribution in [3.8, 4) is 0 Å². The maximum atomic E-state index is 12.5. The molecular formula is C6HClF12. The van der Waals surface area contributed by atoms with Crippen molar-refractivity contribution in [2.24, 2.45) is 0 Å². The Morgan fingerprint density at radius 2 is 0.895 bits per heavy atom. The summed E-state index contributed by atoms with van der Waals surface area (Å²) < 4.78 is 145. The van der Waals surface area contributed by atoms with Crippen LogP contribution in [0.15, 0.2) is 0 Å². The van der Waals surface area contributed by atoms with Crippen LogP contribution in [0.4, 0.5) is 52.7 Å². The van der Waals surface area contributed by atoms with Gasteiger partial charge in [-0.2, -0.15) is 43.9 Å². The van der Waals surface area contributed by atoms with Gasteiger partial charge in [0.15, 0.2) is 0 Å². The number of rotatable bonds is 5. The lowest BCUT2D eigenvalue weighted by Gasteiger charge is -2.37. The van der Waals surface area contributed by atoms with Gasteiger partial charge in [-0.05, 0) is 11.6 Å². The van der Waals surface area contributed by atoms with E-state index in [-0.39, 0.29) is 0 Å². The van der Waals surface area contributed by atoms with E-state index in [2.05, 4.69) is 11.6 Å². The van der Waals surface area contributed by atoms with E-state index < -0.39 is 35.5 Å². The lowest BCUT2D eigenvalue weighted by molar-refractivity contribution is -0.402. The Morgan fingerprint density at radius 3 is 1.11 bits per heavy atom. The third kappa shape index (κ3) is 2.42. The van der Waals surface area contributed by atoms with E-state index in [1.807, 2.05) is 0 Å². The molecule has 0 rings (SSSR count). The van der Waals surface area contributed by atoms with Crippen molar-refractivity contribution >= 4 is 11.6 Å². The van der Waals surface area contributed by atoms with Gasteiger partial charge in [-0.1, -0.05) is 0 Å². The number of hydrogen-bond donors (Lipinski definition) is 0. The predicted octanol–water partition coefficient (Wildman–Crippen LogP) is 4.62. The van der Waals surface area contributed by atoms with Crippen molar-refractivity contribution in [3.63, 3.8) is 0 Å². The molecule has 0 fully saturated rings. The van der Waals surface area contributed by atoms with Crippen LogP contribution in [0.3, 0.4) is 0 Å². The fraction of sp³-hybridized carbons (Fsp3) is 1.00. The summed E-state index contributed by atoms with van der Waals surface area (Å²) in [6, 6.07) is 0. The summed E-state index contributed by atoms with van der Waals surface area (Å²) in [4.78, 5) is 0. The van der Waals surface area contributed by atoms with Gasteiger partial charge in [-0.3, -0.25) is 0 Å². The fourth-order valence-electron chi connectivity index (χ4n) is 0.722. The van der Waals surface area contributed by atoms with Crippen molar-refractivity contribution in [2.45, 2.75) is 35.5 Å². The second-order valence-electron chi connectivity index (χ2n) is 3.14. The molecule has 0 spiro atoms. The molecule has 0 N–H and O–H groups in total. The molecule has 0 heterocycles. The highest BCUT2D eigenvalue weighted by atomic mass is 35.5. The Morgan fingerprint density at radius 1 is 0.579 bits per heavy atom. The molecule has 0 saturated heterocycles. The normalized spacial score (nSPS) is 16.1. The molecule has 0 radical (unpaired) electrons. The Hall–Kier alpha value is -0.550. The number of alkyl halides is 13. The number of halogens is 13. The summed E-state index contributed by atoms with van der Waals surface area (Å²) in [6.07, 6.45) is -5.51. The maximum Gasteiger partial charge on any atom is 0.393 e. The van der Waals surface area contributed by atoms with E-state index >= 15 is 0 Å². The van der Waals surface area contributed by atoms with Crippen molar-refractivity contribution < 1.29 is 52.7 Å². The van der Waals surface area contributed by atoms with E-state index in [4.69, 9.17) is 0 Å². The molecule has 0 aromatic heterocycles. The molecule has 116 valence electrons. The molecule has 0 aromatic rings. The zero-order valence-corrected chi connectivity index (χ0v) is 8.75. The maximum absolute atomic E-state index is 12.5. The summed E-state index contributed by atoms with van der Waals surface area (Å²) in [6.45, 7) is 0. The zero-order valence-electron chi connectivity index (χ0n) is 7.99. The van der Waals surface area contributed by atoms with Gasteiger partial charge in [0.05, 0.1) is 0 Å². The summed E-state index contributed by atoms with van der Waals surface area (Å²) in [5, 5.41) is -6.38. The smallest absolute Gasteiger partial charge is 0.203 e. The van der Waals surface area contributed by atoms with Crippen LogP contribution >= 0.6 is 11.6 Å². The summed E-state index contributed by atoms with van der Waals surface area (Å²) >= 11 is 3.42. The first-order valence-electron chi connectivity index (χ1n) is 3.80. The third-order valence-electron chi connectivity index (χ3n) is 1.84. The predicted molar refractivity (Wildman–Crippen MR) is 36.6 cm³/mol. The summed E-state index contributed by atoms with van der Waals surface area (Å²) in [5.41, 5.74) is 0. The van der Waals surface area contributed by atoms with Gasteiger partial charge < -0.3 is 0 Å². The van der Waals surface area contributed by atoms with E-state index in [0.29, 0.717) is 0 Å². The minimum atomic E-state index is -7.54. The minimum Gasteiger partial charge on any atom is -0.203 e. The second-order valence-corrected chi connectivity index (χ2v) is 3.62. The van der Waals surface area contributed by atoms with Gasteiger partial charge in [-0.25, -0.2) is 8.78 Å². The van der Waals surface area contributed by atoms with Crippen molar-refractivity contribution in [1.82, 2.24) is 0 Å². The van der Waals surface area contributed by atoms with Crippen LogP contribution in [0, 0.1) is 0 Å². The topological polar surface area (TPSA) is 0 Å². The molecule has 0 nitrogen and oxygen atoms in total. The molecule has 0 saturated carbocycles. The second kappa shape index (κ2) is 4.48. The molecule has 19 heavy (non-hydrogen) atoms. The molecule has 0 unspecified atom stereocenters. The molecule has 0 aliphatic heterocycles. The van der Waals surface area contributed by atoms with E-state index in [9.17, 15) is 52.7 Å². The molecular weight excluding hydrogens is 335 g/mol. The Bertz CT molecular complexity index is 328. The molecule has 0 aromatic carbocycles. The summed E-state index contributed by atoms with van der Waals surface area (Å²) in [5.74, 6) is -29.2. The van der Waals surface area contributed by atoms with Crippen molar-refractivity contribution in [2.75, 3.05) is 0 Å². The minimum absolute atomic E-state index is 3.42. The van der Waals surface area contributed by atoms with Gasteiger partial charge >= 0.3 is 35.5 Å². The molecule has 0 amide bonds. The Kier molecular flexibility index (Phi) is 4.35. The Labute approximate surface area is 101 Å². The van der Waals surface area contributed by atoms with Crippen LogP contribution in [-0.4, -0.2) is 35.5 Å². The number of hydrogen-bond acceptors (Lipinski definition) is 0. The quantitative estimate of drug-likeness (QED) is 0.507. The molecule has 0 bridgehead atoms. The summed E-state index contributed by atoms with van der Waals surface area (Å²) in [7, 11) is 0. The van der Waals surface area contributed by atoms with Crippen LogP contribution in [-0.2, 0) is 0 Å².